The van der Waals surface area contributed by atoms with Gasteiger partial charge in [0.1, 0.15) is 0 Å². The maximum Gasteiger partial charge on any atom is 0.236 e. The summed E-state index contributed by atoms with van der Waals surface area (Å²) in [4.78, 5) is 20.1. The average molecular weight is 278 g/mol. The van der Waals surface area contributed by atoms with Crippen molar-refractivity contribution in [3.05, 3.63) is 30.1 Å². The first kappa shape index (κ1) is 16.6. The molecule has 0 aromatic carbocycles. The molecule has 0 aliphatic rings. The van der Waals surface area contributed by atoms with E-state index in [1.54, 1.807) is 12.4 Å². The second-order valence-corrected chi connectivity index (χ2v) is 5.07. The van der Waals surface area contributed by atoms with Crippen LogP contribution in [0.4, 0.5) is 0 Å². The second kappa shape index (κ2) is 7.97. The van der Waals surface area contributed by atoms with Gasteiger partial charge in [-0.2, -0.15) is 0 Å². The molecule has 0 radical (unpaired) electrons. The highest BCUT2D eigenvalue weighted by atomic mass is 16.2. The van der Waals surface area contributed by atoms with E-state index in [9.17, 15) is 4.79 Å². The van der Waals surface area contributed by atoms with E-state index in [2.05, 4.69) is 4.98 Å². The summed E-state index contributed by atoms with van der Waals surface area (Å²) >= 11 is 0. The summed E-state index contributed by atoms with van der Waals surface area (Å²) < 4.78 is 0. The maximum absolute atomic E-state index is 12.2. The lowest BCUT2D eigenvalue weighted by atomic mass is 10.0. The van der Waals surface area contributed by atoms with Crippen molar-refractivity contribution >= 4 is 5.91 Å². The Hall–Kier alpha value is -1.46. The standard InChI is InChI=1S/C15H26N4O/c1-5-19(6-2)14(20)11-18(4)15(12(3)16)13-7-9-17-10-8-13/h7-10,12,15H,5-6,11,16H2,1-4H3. The van der Waals surface area contributed by atoms with Gasteiger partial charge in [0.2, 0.25) is 5.91 Å². The molecule has 2 atom stereocenters. The molecule has 5 nitrogen and oxygen atoms in total. The van der Waals surface area contributed by atoms with Crippen LogP contribution in [0.15, 0.2) is 24.5 Å². The molecule has 1 amide bonds. The zero-order chi connectivity index (χ0) is 15.1. The molecule has 1 aromatic rings. The molecule has 0 aliphatic heterocycles. The maximum atomic E-state index is 12.2. The Morgan fingerprint density at radius 3 is 2.30 bits per heavy atom. The molecule has 0 bridgehead atoms. The van der Waals surface area contributed by atoms with E-state index in [1.807, 2.05) is 49.8 Å². The fraction of sp³-hybridized carbons (Fsp3) is 0.600. The average Bonchev–Trinajstić information content (AvgIpc) is 2.40. The Morgan fingerprint density at radius 2 is 1.85 bits per heavy atom. The predicted molar refractivity (Wildman–Crippen MR) is 81.2 cm³/mol. The molecule has 0 spiro atoms. The van der Waals surface area contributed by atoms with Gasteiger partial charge in [-0.1, -0.05) is 0 Å². The number of carbonyl (C=O) groups is 1. The first-order valence-electron chi connectivity index (χ1n) is 7.14. The van der Waals surface area contributed by atoms with Crippen LogP contribution in [0.5, 0.6) is 0 Å². The van der Waals surface area contributed by atoms with Crippen LogP contribution in [-0.4, -0.2) is 53.4 Å². The van der Waals surface area contributed by atoms with Crippen LogP contribution in [0.25, 0.3) is 0 Å². The molecule has 20 heavy (non-hydrogen) atoms. The molecule has 0 aliphatic carbocycles. The number of aromatic nitrogens is 1. The number of likely N-dealkylation sites (N-methyl/N-ethyl adjacent to an activating group) is 2. The van der Waals surface area contributed by atoms with Gasteiger partial charge >= 0.3 is 0 Å². The molecule has 2 N–H and O–H groups in total. The molecule has 112 valence electrons. The Labute approximate surface area is 121 Å². The molecule has 1 heterocycles. The fourth-order valence-electron chi connectivity index (χ4n) is 2.51. The van der Waals surface area contributed by atoms with Crippen molar-refractivity contribution < 1.29 is 4.79 Å². The van der Waals surface area contributed by atoms with E-state index < -0.39 is 0 Å². The van der Waals surface area contributed by atoms with Crippen molar-refractivity contribution in [2.24, 2.45) is 5.73 Å². The Bertz CT molecular complexity index is 404. The first-order chi connectivity index (χ1) is 9.51. The zero-order valence-corrected chi connectivity index (χ0v) is 12.9. The minimum Gasteiger partial charge on any atom is -0.342 e. The van der Waals surface area contributed by atoms with Crippen molar-refractivity contribution in [3.8, 4) is 0 Å². The summed E-state index contributed by atoms with van der Waals surface area (Å²) in [6.45, 7) is 7.79. The quantitative estimate of drug-likeness (QED) is 0.816. The third-order valence-corrected chi connectivity index (χ3v) is 3.52. The monoisotopic (exact) mass is 278 g/mol. The second-order valence-electron chi connectivity index (χ2n) is 5.07. The lowest BCUT2D eigenvalue weighted by molar-refractivity contribution is -0.132. The third-order valence-electron chi connectivity index (χ3n) is 3.52. The number of hydrogen-bond acceptors (Lipinski definition) is 4. The Morgan fingerprint density at radius 1 is 1.30 bits per heavy atom. The van der Waals surface area contributed by atoms with E-state index in [-0.39, 0.29) is 18.0 Å². The number of nitrogens with zero attached hydrogens (tertiary/aromatic N) is 3. The van der Waals surface area contributed by atoms with Crippen LogP contribution in [0.3, 0.4) is 0 Å². The summed E-state index contributed by atoms with van der Waals surface area (Å²) in [5, 5.41) is 0. The van der Waals surface area contributed by atoms with E-state index in [4.69, 9.17) is 5.73 Å². The molecule has 0 saturated carbocycles. The highest BCUT2D eigenvalue weighted by molar-refractivity contribution is 5.78. The van der Waals surface area contributed by atoms with E-state index in [0.29, 0.717) is 6.54 Å². The normalized spacial score (nSPS) is 14.1. The van der Waals surface area contributed by atoms with Crippen LogP contribution in [0.1, 0.15) is 32.4 Å². The minimum absolute atomic E-state index is 0.0116. The van der Waals surface area contributed by atoms with Gasteiger partial charge in [-0.25, -0.2) is 0 Å². The SMILES string of the molecule is CCN(CC)C(=O)CN(C)C(c1ccncc1)C(C)N. The van der Waals surface area contributed by atoms with Crippen molar-refractivity contribution in [1.82, 2.24) is 14.8 Å². The molecule has 5 heteroatoms. The molecule has 1 rings (SSSR count). The number of pyridine rings is 1. The van der Waals surface area contributed by atoms with E-state index in [0.717, 1.165) is 18.7 Å². The van der Waals surface area contributed by atoms with Gasteiger partial charge in [0.15, 0.2) is 0 Å². The lowest BCUT2D eigenvalue weighted by Crippen LogP contribution is -2.44. The minimum atomic E-state index is -0.0631. The number of amides is 1. The fourth-order valence-corrected chi connectivity index (χ4v) is 2.51. The van der Waals surface area contributed by atoms with Gasteiger partial charge in [0.25, 0.3) is 0 Å². The van der Waals surface area contributed by atoms with Gasteiger partial charge in [-0.15, -0.1) is 0 Å². The van der Waals surface area contributed by atoms with Crippen molar-refractivity contribution in [3.63, 3.8) is 0 Å². The molecule has 2 unspecified atom stereocenters. The van der Waals surface area contributed by atoms with Crippen LogP contribution >= 0.6 is 0 Å². The lowest BCUT2D eigenvalue weighted by Gasteiger charge is -2.32. The zero-order valence-electron chi connectivity index (χ0n) is 12.9. The van der Waals surface area contributed by atoms with Crippen LogP contribution in [0.2, 0.25) is 0 Å². The molecule has 1 aromatic heterocycles. The van der Waals surface area contributed by atoms with Gasteiger partial charge in [-0.05, 0) is 45.5 Å². The highest BCUT2D eigenvalue weighted by Gasteiger charge is 2.24. The van der Waals surface area contributed by atoms with Crippen molar-refractivity contribution in [2.45, 2.75) is 32.9 Å². The van der Waals surface area contributed by atoms with E-state index in [1.165, 1.54) is 0 Å². The summed E-state index contributed by atoms with van der Waals surface area (Å²) in [6.07, 6.45) is 3.51. The third kappa shape index (κ3) is 4.28. The number of rotatable bonds is 7. The Kier molecular flexibility index (Phi) is 6.61. The van der Waals surface area contributed by atoms with Crippen LogP contribution in [-0.2, 0) is 4.79 Å². The number of carbonyl (C=O) groups excluding carboxylic acids is 1. The van der Waals surface area contributed by atoms with Gasteiger partial charge < -0.3 is 10.6 Å². The van der Waals surface area contributed by atoms with Gasteiger partial charge in [0.05, 0.1) is 6.54 Å². The van der Waals surface area contributed by atoms with Crippen LogP contribution in [0, 0.1) is 0 Å². The topological polar surface area (TPSA) is 62.5 Å². The van der Waals surface area contributed by atoms with Crippen molar-refractivity contribution in [2.75, 3.05) is 26.7 Å². The molecule has 0 saturated heterocycles. The van der Waals surface area contributed by atoms with Gasteiger partial charge in [-0.3, -0.25) is 14.7 Å². The van der Waals surface area contributed by atoms with Gasteiger partial charge in [0, 0.05) is 37.6 Å². The molecular weight excluding hydrogens is 252 g/mol. The molecule has 0 fully saturated rings. The summed E-state index contributed by atoms with van der Waals surface area (Å²) in [7, 11) is 1.94. The number of nitrogens with two attached hydrogens (primary N) is 1. The summed E-state index contributed by atoms with van der Waals surface area (Å²) in [6, 6.07) is 3.85. The highest BCUT2D eigenvalue weighted by Crippen LogP contribution is 2.21. The summed E-state index contributed by atoms with van der Waals surface area (Å²) in [5.41, 5.74) is 7.19. The largest absolute Gasteiger partial charge is 0.342 e. The Balaban J connectivity index is 2.81. The molecular formula is C15H26N4O. The van der Waals surface area contributed by atoms with Crippen molar-refractivity contribution in [1.29, 1.82) is 0 Å². The first-order valence-corrected chi connectivity index (χ1v) is 7.14. The van der Waals surface area contributed by atoms with Crippen LogP contribution < -0.4 is 5.73 Å². The number of hydrogen-bond donors (Lipinski definition) is 1. The predicted octanol–water partition coefficient (Wildman–Crippen LogP) is 1.27. The smallest absolute Gasteiger partial charge is 0.236 e. The van der Waals surface area contributed by atoms with E-state index >= 15 is 0 Å². The summed E-state index contributed by atoms with van der Waals surface area (Å²) in [5.74, 6) is 0.136.